The summed E-state index contributed by atoms with van der Waals surface area (Å²) in [6, 6.07) is 0.326. The van der Waals surface area contributed by atoms with Gasteiger partial charge in [-0.1, -0.05) is 11.3 Å². The standard InChI is InChI=1S/C12H16N4O2S/c1-7-6-16-12(13-7)19-11(15-16)14-9-4-2-8(3-5-9)10(17)18/h6,8-9H,2-5H2,1H3,(H,14,15)(H,17,18). The van der Waals surface area contributed by atoms with Crippen LogP contribution in [-0.2, 0) is 4.79 Å². The molecule has 0 radical (unpaired) electrons. The molecule has 1 saturated carbocycles. The van der Waals surface area contributed by atoms with Crippen molar-refractivity contribution < 1.29 is 9.90 Å². The summed E-state index contributed by atoms with van der Waals surface area (Å²) in [5.74, 6) is -0.837. The van der Waals surface area contributed by atoms with E-state index in [4.69, 9.17) is 5.11 Å². The largest absolute Gasteiger partial charge is 0.481 e. The molecule has 19 heavy (non-hydrogen) atoms. The number of hydrogen-bond donors (Lipinski definition) is 2. The number of nitrogens with zero attached hydrogens (tertiary/aromatic N) is 3. The Bertz CT molecular complexity index is 566. The number of aliphatic carboxylic acids is 1. The molecular weight excluding hydrogens is 264 g/mol. The molecule has 0 unspecified atom stereocenters. The van der Waals surface area contributed by atoms with E-state index < -0.39 is 5.97 Å². The molecule has 0 atom stereocenters. The van der Waals surface area contributed by atoms with Crippen LogP contribution in [0.25, 0.3) is 4.96 Å². The highest BCUT2D eigenvalue weighted by atomic mass is 32.1. The van der Waals surface area contributed by atoms with Crippen molar-refractivity contribution in [2.75, 3.05) is 5.32 Å². The number of anilines is 1. The summed E-state index contributed by atoms with van der Waals surface area (Å²) in [6.07, 6.45) is 5.16. The van der Waals surface area contributed by atoms with Crippen LogP contribution in [0.15, 0.2) is 6.20 Å². The second-order valence-electron chi connectivity index (χ2n) is 5.05. The van der Waals surface area contributed by atoms with E-state index in [1.165, 1.54) is 11.3 Å². The molecule has 3 rings (SSSR count). The molecule has 6 nitrogen and oxygen atoms in total. The Hall–Kier alpha value is -1.63. The lowest BCUT2D eigenvalue weighted by Crippen LogP contribution is -2.29. The lowest BCUT2D eigenvalue weighted by atomic mass is 9.86. The summed E-state index contributed by atoms with van der Waals surface area (Å²) in [4.78, 5) is 16.1. The van der Waals surface area contributed by atoms with Crippen LogP contribution in [0.4, 0.5) is 5.13 Å². The van der Waals surface area contributed by atoms with Gasteiger partial charge in [0.05, 0.1) is 17.8 Å². The molecule has 2 aromatic rings. The van der Waals surface area contributed by atoms with Gasteiger partial charge in [-0.25, -0.2) is 9.50 Å². The van der Waals surface area contributed by atoms with Gasteiger partial charge in [-0.2, -0.15) is 0 Å². The van der Waals surface area contributed by atoms with E-state index in [9.17, 15) is 4.79 Å². The van der Waals surface area contributed by atoms with Crippen LogP contribution in [-0.4, -0.2) is 31.7 Å². The van der Waals surface area contributed by atoms with E-state index in [0.717, 1.165) is 41.5 Å². The minimum Gasteiger partial charge on any atom is -0.481 e. The Morgan fingerprint density at radius 1 is 1.47 bits per heavy atom. The zero-order valence-corrected chi connectivity index (χ0v) is 11.5. The lowest BCUT2D eigenvalue weighted by molar-refractivity contribution is -0.142. The first-order valence-corrected chi connectivity index (χ1v) is 7.25. The molecule has 0 aromatic carbocycles. The SMILES string of the molecule is Cc1cn2nc(NC3CCC(C(=O)O)CC3)sc2n1. The third-order valence-electron chi connectivity index (χ3n) is 3.57. The predicted molar refractivity (Wildman–Crippen MR) is 72.6 cm³/mol. The van der Waals surface area contributed by atoms with Crippen LogP contribution >= 0.6 is 11.3 Å². The highest BCUT2D eigenvalue weighted by molar-refractivity contribution is 7.20. The molecule has 1 aliphatic carbocycles. The van der Waals surface area contributed by atoms with E-state index in [1.54, 1.807) is 4.52 Å². The highest BCUT2D eigenvalue weighted by Crippen LogP contribution is 2.28. The topological polar surface area (TPSA) is 79.5 Å². The van der Waals surface area contributed by atoms with Crippen molar-refractivity contribution in [2.24, 2.45) is 5.92 Å². The van der Waals surface area contributed by atoms with Crippen LogP contribution < -0.4 is 5.32 Å². The van der Waals surface area contributed by atoms with Gasteiger partial charge >= 0.3 is 5.97 Å². The number of carboxylic acids is 1. The van der Waals surface area contributed by atoms with Gasteiger partial charge in [0, 0.05) is 6.04 Å². The highest BCUT2D eigenvalue weighted by Gasteiger charge is 2.26. The Labute approximate surface area is 114 Å². The van der Waals surface area contributed by atoms with Crippen molar-refractivity contribution in [2.45, 2.75) is 38.6 Å². The van der Waals surface area contributed by atoms with Crippen molar-refractivity contribution in [3.63, 3.8) is 0 Å². The van der Waals surface area contributed by atoms with Gasteiger partial charge in [0.15, 0.2) is 0 Å². The summed E-state index contributed by atoms with van der Waals surface area (Å²) in [5.41, 5.74) is 0.965. The molecule has 2 heterocycles. The van der Waals surface area contributed by atoms with Crippen LogP contribution in [0.5, 0.6) is 0 Å². The molecule has 0 spiro atoms. The Balaban J connectivity index is 1.62. The third kappa shape index (κ3) is 2.56. The van der Waals surface area contributed by atoms with Crippen LogP contribution in [0.1, 0.15) is 31.4 Å². The Morgan fingerprint density at radius 3 is 2.84 bits per heavy atom. The van der Waals surface area contributed by atoms with Gasteiger partial charge in [0.1, 0.15) is 0 Å². The number of carbonyl (C=O) groups is 1. The first-order chi connectivity index (χ1) is 9.11. The third-order valence-corrected chi connectivity index (χ3v) is 4.42. The maximum Gasteiger partial charge on any atom is 0.306 e. The zero-order chi connectivity index (χ0) is 13.4. The van der Waals surface area contributed by atoms with Gasteiger partial charge < -0.3 is 10.4 Å². The van der Waals surface area contributed by atoms with Crippen molar-refractivity contribution in [1.82, 2.24) is 14.6 Å². The quantitative estimate of drug-likeness (QED) is 0.900. The van der Waals surface area contributed by atoms with Crippen molar-refractivity contribution in [3.05, 3.63) is 11.9 Å². The number of carboxylic acid groups (broad SMARTS) is 1. The first kappa shape index (κ1) is 12.4. The average Bonchev–Trinajstić information content (AvgIpc) is 2.86. The van der Waals surface area contributed by atoms with Crippen molar-refractivity contribution in [3.8, 4) is 0 Å². The minimum atomic E-state index is -0.665. The van der Waals surface area contributed by atoms with E-state index in [-0.39, 0.29) is 5.92 Å². The minimum absolute atomic E-state index is 0.172. The summed E-state index contributed by atoms with van der Waals surface area (Å²) < 4.78 is 1.78. The molecule has 0 saturated heterocycles. The second-order valence-corrected chi connectivity index (χ2v) is 6.00. The fourth-order valence-corrected chi connectivity index (χ4v) is 3.43. The molecule has 0 amide bonds. The van der Waals surface area contributed by atoms with E-state index >= 15 is 0 Å². The normalized spacial score (nSPS) is 23.6. The van der Waals surface area contributed by atoms with Crippen LogP contribution in [0.2, 0.25) is 0 Å². The fourth-order valence-electron chi connectivity index (χ4n) is 2.53. The number of rotatable bonds is 3. The Morgan fingerprint density at radius 2 is 2.21 bits per heavy atom. The zero-order valence-electron chi connectivity index (χ0n) is 10.7. The van der Waals surface area contributed by atoms with Crippen LogP contribution in [0, 0.1) is 12.8 Å². The molecule has 1 aliphatic rings. The van der Waals surface area contributed by atoms with Crippen LogP contribution in [0.3, 0.4) is 0 Å². The molecule has 7 heteroatoms. The monoisotopic (exact) mass is 280 g/mol. The number of imidazole rings is 1. The maximum absolute atomic E-state index is 10.9. The van der Waals surface area contributed by atoms with Gasteiger partial charge in [-0.15, -0.1) is 5.10 Å². The van der Waals surface area contributed by atoms with Gasteiger partial charge in [0.2, 0.25) is 10.1 Å². The fraction of sp³-hybridized carbons (Fsp3) is 0.583. The number of nitrogens with one attached hydrogen (secondary N) is 1. The second kappa shape index (κ2) is 4.80. The van der Waals surface area contributed by atoms with E-state index in [0.29, 0.717) is 6.04 Å². The lowest BCUT2D eigenvalue weighted by Gasteiger charge is -2.26. The first-order valence-electron chi connectivity index (χ1n) is 6.44. The maximum atomic E-state index is 10.9. The molecule has 1 fully saturated rings. The number of hydrogen-bond acceptors (Lipinski definition) is 5. The molecule has 0 aliphatic heterocycles. The average molecular weight is 280 g/mol. The van der Waals surface area contributed by atoms with Gasteiger partial charge in [-0.3, -0.25) is 4.79 Å². The number of aromatic nitrogens is 3. The summed E-state index contributed by atoms with van der Waals surface area (Å²) in [7, 11) is 0. The molecule has 2 aromatic heterocycles. The molecular formula is C12H16N4O2S. The van der Waals surface area contributed by atoms with E-state index in [1.807, 2.05) is 13.1 Å². The number of aryl methyl sites for hydroxylation is 1. The summed E-state index contributed by atoms with van der Waals surface area (Å²) in [5, 5.41) is 17.6. The predicted octanol–water partition coefficient (Wildman–Crippen LogP) is 2.15. The summed E-state index contributed by atoms with van der Waals surface area (Å²) in [6.45, 7) is 1.95. The van der Waals surface area contributed by atoms with Crippen molar-refractivity contribution >= 4 is 27.4 Å². The smallest absolute Gasteiger partial charge is 0.306 e. The van der Waals surface area contributed by atoms with Crippen molar-refractivity contribution in [1.29, 1.82) is 0 Å². The molecule has 102 valence electrons. The van der Waals surface area contributed by atoms with Gasteiger partial charge in [0.25, 0.3) is 0 Å². The Kier molecular flexibility index (Phi) is 3.14. The van der Waals surface area contributed by atoms with E-state index in [2.05, 4.69) is 15.4 Å². The summed E-state index contributed by atoms with van der Waals surface area (Å²) >= 11 is 1.53. The number of fused-ring (bicyclic) bond motifs is 1. The molecule has 2 N–H and O–H groups in total. The van der Waals surface area contributed by atoms with Gasteiger partial charge in [-0.05, 0) is 32.6 Å². The molecule has 0 bridgehead atoms.